The van der Waals surface area contributed by atoms with Crippen molar-refractivity contribution in [1.29, 1.82) is 0 Å². The van der Waals surface area contributed by atoms with Crippen molar-refractivity contribution in [3.8, 4) is 0 Å². The third kappa shape index (κ3) is 4.17. The normalized spacial score (nSPS) is 22.8. The average molecular weight is 290 g/mol. The smallest absolute Gasteiger partial charge is 0.284 e. The summed E-state index contributed by atoms with van der Waals surface area (Å²) in [5.74, 6) is -0.127. The van der Waals surface area contributed by atoms with E-state index >= 15 is 0 Å². The second-order valence-corrected chi connectivity index (χ2v) is 5.84. The fraction of sp³-hybridized carbons (Fsp3) is 0.625. The molecule has 1 aromatic rings. The summed E-state index contributed by atoms with van der Waals surface area (Å²) in [7, 11) is 0. The number of hydrazine groups is 1. The Balaban J connectivity index is 1.96. The van der Waals surface area contributed by atoms with Crippen LogP contribution in [0.25, 0.3) is 0 Å². The molecule has 0 aliphatic carbocycles. The third-order valence-electron chi connectivity index (χ3n) is 4.00. The summed E-state index contributed by atoms with van der Waals surface area (Å²) in [5.41, 5.74) is 4.42. The largest absolute Gasteiger partial charge is 0.384 e. The number of pyridine rings is 1. The molecule has 5 heteroatoms. The number of anilines is 1. The molecule has 5 nitrogen and oxygen atoms in total. The highest BCUT2D eigenvalue weighted by atomic mass is 16.2. The Labute approximate surface area is 127 Å². The molecule has 116 valence electrons. The van der Waals surface area contributed by atoms with Gasteiger partial charge in [0.05, 0.1) is 11.9 Å². The van der Waals surface area contributed by atoms with Crippen molar-refractivity contribution in [2.24, 2.45) is 0 Å². The third-order valence-corrected chi connectivity index (χ3v) is 4.00. The summed E-state index contributed by atoms with van der Waals surface area (Å²) >= 11 is 0. The molecule has 1 aliphatic heterocycles. The van der Waals surface area contributed by atoms with E-state index < -0.39 is 0 Å². The topological polar surface area (TPSA) is 57.3 Å². The zero-order chi connectivity index (χ0) is 15.2. The molecular formula is C16H26N4O. The predicted octanol–water partition coefficient (Wildman–Crippen LogP) is 2.81. The number of rotatable bonds is 5. The Morgan fingerprint density at radius 1 is 1.33 bits per heavy atom. The average Bonchev–Trinajstić information content (AvgIpc) is 2.49. The summed E-state index contributed by atoms with van der Waals surface area (Å²) in [6.45, 7) is 7.33. The molecule has 2 atom stereocenters. The molecule has 1 saturated heterocycles. The van der Waals surface area contributed by atoms with Gasteiger partial charge in [-0.15, -0.1) is 0 Å². The van der Waals surface area contributed by atoms with Gasteiger partial charge in [0.15, 0.2) is 0 Å². The molecule has 2 heterocycles. The molecule has 0 spiro atoms. The van der Waals surface area contributed by atoms with E-state index in [-0.39, 0.29) is 5.91 Å². The number of hydrogen-bond acceptors (Lipinski definition) is 4. The Morgan fingerprint density at radius 3 is 2.62 bits per heavy atom. The first-order valence-corrected chi connectivity index (χ1v) is 7.91. The van der Waals surface area contributed by atoms with Gasteiger partial charge in [-0.3, -0.25) is 10.2 Å². The van der Waals surface area contributed by atoms with Crippen molar-refractivity contribution in [3.63, 3.8) is 0 Å². The lowest BCUT2D eigenvalue weighted by atomic mass is 10.00. The molecule has 0 radical (unpaired) electrons. The van der Waals surface area contributed by atoms with Gasteiger partial charge < -0.3 is 5.32 Å². The summed E-state index contributed by atoms with van der Waals surface area (Å²) in [6, 6.07) is 4.43. The molecule has 0 aromatic carbocycles. The molecule has 0 bridgehead atoms. The minimum absolute atomic E-state index is 0.127. The second kappa shape index (κ2) is 7.41. The standard InChI is InChI=1S/C16H26N4O/c1-4-10-17-14-8-9-15(18-11-14)16(21)19-20-12(2)6-5-7-13(20)3/h8-9,11-13,17H,4-7,10H2,1-3H3,(H,19,21). The summed E-state index contributed by atoms with van der Waals surface area (Å²) in [4.78, 5) is 16.5. The molecule has 2 rings (SSSR count). The highest BCUT2D eigenvalue weighted by Gasteiger charge is 2.26. The first kappa shape index (κ1) is 15.8. The lowest BCUT2D eigenvalue weighted by Crippen LogP contribution is -2.54. The highest BCUT2D eigenvalue weighted by molar-refractivity contribution is 5.92. The van der Waals surface area contributed by atoms with Crippen molar-refractivity contribution in [1.82, 2.24) is 15.4 Å². The maximum Gasteiger partial charge on any atom is 0.284 e. The van der Waals surface area contributed by atoms with Crippen LogP contribution in [0, 0.1) is 0 Å². The zero-order valence-electron chi connectivity index (χ0n) is 13.2. The fourth-order valence-electron chi connectivity index (χ4n) is 2.72. The van der Waals surface area contributed by atoms with E-state index in [0.717, 1.165) is 31.5 Å². The van der Waals surface area contributed by atoms with E-state index in [1.165, 1.54) is 6.42 Å². The Kier molecular flexibility index (Phi) is 5.56. The van der Waals surface area contributed by atoms with Gasteiger partial charge in [0.1, 0.15) is 5.69 Å². The van der Waals surface area contributed by atoms with E-state index in [4.69, 9.17) is 0 Å². The molecule has 2 unspecified atom stereocenters. The summed E-state index contributed by atoms with van der Waals surface area (Å²) in [5, 5.41) is 5.32. The summed E-state index contributed by atoms with van der Waals surface area (Å²) in [6.07, 6.45) is 6.25. The van der Waals surface area contributed by atoms with Gasteiger partial charge in [-0.05, 0) is 45.2 Å². The van der Waals surface area contributed by atoms with Crippen LogP contribution in [0.3, 0.4) is 0 Å². The van der Waals surface area contributed by atoms with Crippen LogP contribution in [0.4, 0.5) is 5.69 Å². The lowest BCUT2D eigenvalue weighted by molar-refractivity contribution is 0.0366. The molecule has 1 aliphatic rings. The number of carbonyl (C=O) groups excluding carboxylic acids is 1. The van der Waals surface area contributed by atoms with Crippen molar-refractivity contribution in [2.75, 3.05) is 11.9 Å². The molecule has 1 amide bonds. The number of amides is 1. The fourth-order valence-corrected chi connectivity index (χ4v) is 2.72. The number of aromatic nitrogens is 1. The van der Waals surface area contributed by atoms with Crippen LogP contribution in [0.1, 0.15) is 56.9 Å². The number of carbonyl (C=O) groups is 1. The molecule has 0 saturated carbocycles. The van der Waals surface area contributed by atoms with Gasteiger partial charge in [-0.1, -0.05) is 13.3 Å². The molecule has 1 fully saturated rings. The van der Waals surface area contributed by atoms with Crippen LogP contribution >= 0.6 is 0 Å². The van der Waals surface area contributed by atoms with Crippen LogP contribution in [-0.2, 0) is 0 Å². The van der Waals surface area contributed by atoms with E-state index in [1.54, 1.807) is 12.3 Å². The van der Waals surface area contributed by atoms with Crippen LogP contribution in [0.15, 0.2) is 18.3 Å². The number of piperidine rings is 1. The monoisotopic (exact) mass is 290 g/mol. The van der Waals surface area contributed by atoms with Gasteiger partial charge in [0.25, 0.3) is 5.91 Å². The van der Waals surface area contributed by atoms with Crippen molar-refractivity contribution in [3.05, 3.63) is 24.0 Å². The maximum absolute atomic E-state index is 12.3. The van der Waals surface area contributed by atoms with Gasteiger partial charge in [0.2, 0.25) is 0 Å². The zero-order valence-corrected chi connectivity index (χ0v) is 13.2. The lowest BCUT2D eigenvalue weighted by Gasteiger charge is -2.38. The first-order valence-electron chi connectivity index (χ1n) is 7.91. The minimum atomic E-state index is -0.127. The number of hydrogen-bond donors (Lipinski definition) is 2. The van der Waals surface area contributed by atoms with Crippen LogP contribution < -0.4 is 10.7 Å². The van der Waals surface area contributed by atoms with E-state index in [9.17, 15) is 4.79 Å². The molecule has 1 aromatic heterocycles. The van der Waals surface area contributed by atoms with Gasteiger partial charge >= 0.3 is 0 Å². The number of nitrogens with one attached hydrogen (secondary N) is 2. The minimum Gasteiger partial charge on any atom is -0.384 e. The van der Waals surface area contributed by atoms with E-state index in [0.29, 0.717) is 17.8 Å². The van der Waals surface area contributed by atoms with Gasteiger partial charge in [0, 0.05) is 18.6 Å². The van der Waals surface area contributed by atoms with Gasteiger partial charge in [-0.25, -0.2) is 9.99 Å². The van der Waals surface area contributed by atoms with Crippen molar-refractivity contribution in [2.45, 2.75) is 58.5 Å². The van der Waals surface area contributed by atoms with E-state index in [1.807, 2.05) is 6.07 Å². The Bertz CT molecular complexity index is 450. The quantitative estimate of drug-likeness (QED) is 0.875. The first-order chi connectivity index (χ1) is 10.1. The van der Waals surface area contributed by atoms with Gasteiger partial charge in [-0.2, -0.15) is 0 Å². The molecule has 21 heavy (non-hydrogen) atoms. The molecular weight excluding hydrogens is 264 g/mol. The maximum atomic E-state index is 12.3. The number of nitrogens with zero attached hydrogens (tertiary/aromatic N) is 2. The Morgan fingerprint density at radius 2 is 2.05 bits per heavy atom. The van der Waals surface area contributed by atoms with Crippen LogP contribution in [0.5, 0.6) is 0 Å². The Hall–Kier alpha value is -1.62. The second-order valence-electron chi connectivity index (χ2n) is 5.84. The SMILES string of the molecule is CCCNc1ccc(C(=O)NN2C(C)CCCC2C)nc1. The molecule has 2 N–H and O–H groups in total. The predicted molar refractivity (Wildman–Crippen MR) is 85.1 cm³/mol. The van der Waals surface area contributed by atoms with E-state index in [2.05, 4.69) is 41.5 Å². The van der Waals surface area contributed by atoms with Crippen molar-refractivity contribution >= 4 is 11.6 Å². The summed E-state index contributed by atoms with van der Waals surface area (Å²) < 4.78 is 0. The highest BCUT2D eigenvalue weighted by Crippen LogP contribution is 2.20. The van der Waals surface area contributed by atoms with Crippen LogP contribution in [0.2, 0.25) is 0 Å². The van der Waals surface area contributed by atoms with Crippen LogP contribution in [-0.4, -0.2) is 34.5 Å². The van der Waals surface area contributed by atoms with Crippen molar-refractivity contribution < 1.29 is 4.79 Å².